The lowest BCUT2D eigenvalue weighted by Crippen LogP contribution is -2.45. The summed E-state index contributed by atoms with van der Waals surface area (Å²) in [6.07, 6.45) is 2.34. The maximum atomic E-state index is 12.4. The number of hydrogen-bond donors (Lipinski definition) is 2. The van der Waals surface area contributed by atoms with E-state index >= 15 is 0 Å². The van der Waals surface area contributed by atoms with Crippen LogP contribution in [0.1, 0.15) is 29.8 Å². The molecule has 2 N–H and O–H groups in total. The highest BCUT2D eigenvalue weighted by molar-refractivity contribution is 6.03. The SMILES string of the molecule is O=C(NC[C@@H]1[C@H]2CCC[C@H]2CN1C(=O)O)c1noc2ccccc12. The van der Waals surface area contributed by atoms with Crippen molar-refractivity contribution in [2.45, 2.75) is 25.3 Å². The van der Waals surface area contributed by atoms with Crippen molar-refractivity contribution in [2.75, 3.05) is 13.1 Å². The van der Waals surface area contributed by atoms with Crippen LogP contribution < -0.4 is 5.32 Å². The van der Waals surface area contributed by atoms with Crippen LogP contribution in [0.4, 0.5) is 4.79 Å². The smallest absolute Gasteiger partial charge is 0.407 e. The summed E-state index contributed by atoms with van der Waals surface area (Å²) in [6.45, 7) is 0.890. The number of rotatable bonds is 3. The standard InChI is InChI=1S/C17H19N3O4/c21-16(15-12-5-1-2-7-14(12)24-19-15)18-8-13-11-6-3-4-10(11)9-20(13)17(22)23/h1-2,5,7,10-11,13H,3-4,6,8-9H2,(H,18,21)(H,22,23)/t10-,11-,13+/m0/s1. The highest BCUT2D eigenvalue weighted by atomic mass is 16.5. The Morgan fingerprint density at radius 2 is 2.17 bits per heavy atom. The number of likely N-dealkylation sites (tertiary alicyclic amines) is 1. The van der Waals surface area contributed by atoms with Gasteiger partial charge >= 0.3 is 6.09 Å². The van der Waals surface area contributed by atoms with E-state index in [-0.39, 0.29) is 17.6 Å². The zero-order valence-corrected chi connectivity index (χ0v) is 13.1. The van der Waals surface area contributed by atoms with Gasteiger partial charge in [-0.25, -0.2) is 4.79 Å². The van der Waals surface area contributed by atoms with Gasteiger partial charge in [0.1, 0.15) is 0 Å². The first-order valence-corrected chi connectivity index (χ1v) is 8.27. The Morgan fingerprint density at radius 1 is 1.33 bits per heavy atom. The van der Waals surface area contributed by atoms with Crippen LogP contribution in [0.3, 0.4) is 0 Å². The summed E-state index contributed by atoms with van der Waals surface area (Å²) in [5.74, 6) is 0.443. The lowest BCUT2D eigenvalue weighted by atomic mass is 9.94. The average Bonchev–Trinajstić information content (AvgIpc) is 3.26. The Hall–Kier alpha value is -2.57. The summed E-state index contributed by atoms with van der Waals surface area (Å²) in [5, 5.41) is 16.8. The third-order valence-electron chi connectivity index (χ3n) is 5.35. The van der Waals surface area contributed by atoms with Gasteiger partial charge in [0.05, 0.1) is 11.4 Å². The van der Waals surface area contributed by atoms with Gasteiger partial charge in [-0.3, -0.25) is 4.79 Å². The van der Waals surface area contributed by atoms with Crippen molar-refractivity contribution in [1.29, 1.82) is 0 Å². The minimum Gasteiger partial charge on any atom is -0.465 e. The van der Waals surface area contributed by atoms with Gasteiger partial charge in [0.15, 0.2) is 11.3 Å². The fourth-order valence-electron chi connectivity index (χ4n) is 4.23. The molecule has 7 nitrogen and oxygen atoms in total. The van der Waals surface area contributed by atoms with Gasteiger partial charge in [-0.15, -0.1) is 0 Å². The molecule has 1 aromatic carbocycles. The number of aromatic nitrogens is 1. The first kappa shape index (κ1) is 15.0. The molecule has 7 heteroatoms. The minimum atomic E-state index is -0.907. The van der Waals surface area contributed by atoms with Crippen molar-refractivity contribution in [3.8, 4) is 0 Å². The van der Waals surface area contributed by atoms with Crippen molar-refractivity contribution in [2.24, 2.45) is 11.8 Å². The molecule has 3 atom stereocenters. The van der Waals surface area contributed by atoms with E-state index in [1.54, 1.807) is 12.1 Å². The van der Waals surface area contributed by atoms with Crippen LogP contribution in [0.25, 0.3) is 11.0 Å². The molecule has 2 heterocycles. The zero-order chi connectivity index (χ0) is 16.7. The number of para-hydroxylation sites is 1. The molecule has 2 aromatic rings. The molecule has 1 aliphatic carbocycles. The molecule has 24 heavy (non-hydrogen) atoms. The number of nitrogens with one attached hydrogen (secondary N) is 1. The number of carbonyl (C=O) groups excluding carboxylic acids is 1. The Bertz CT molecular complexity index is 787. The summed E-state index contributed by atoms with van der Waals surface area (Å²) in [6, 6.07) is 7.02. The Labute approximate surface area is 138 Å². The fourth-order valence-corrected chi connectivity index (χ4v) is 4.23. The topological polar surface area (TPSA) is 95.7 Å². The number of carbonyl (C=O) groups is 2. The van der Waals surface area contributed by atoms with Crippen LogP contribution in [0, 0.1) is 11.8 Å². The summed E-state index contributed by atoms with van der Waals surface area (Å²) in [5.41, 5.74) is 0.806. The van der Waals surface area contributed by atoms with Gasteiger partial charge in [-0.05, 0) is 36.8 Å². The molecule has 1 saturated carbocycles. The van der Waals surface area contributed by atoms with E-state index in [4.69, 9.17) is 4.52 Å². The van der Waals surface area contributed by atoms with Gasteiger partial charge in [0, 0.05) is 13.1 Å². The van der Waals surface area contributed by atoms with E-state index in [0.717, 1.165) is 19.3 Å². The van der Waals surface area contributed by atoms with Gasteiger partial charge in [0.25, 0.3) is 5.91 Å². The van der Waals surface area contributed by atoms with Gasteiger partial charge in [-0.1, -0.05) is 23.7 Å². The maximum absolute atomic E-state index is 12.4. The Kier molecular flexibility index (Phi) is 3.63. The molecule has 0 bridgehead atoms. The predicted molar refractivity (Wildman–Crippen MR) is 85.7 cm³/mol. The van der Waals surface area contributed by atoms with Crippen LogP contribution in [0.2, 0.25) is 0 Å². The molecule has 1 aromatic heterocycles. The quantitative estimate of drug-likeness (QED) is 0.901. The van der Waals surface area contributed by atoms with Gasteiger partial charge in [-0.2, -0.15) is 0 Å². The predicted octanol–water partition coefficient (Wildman–Crippen LogP) is 2.34. The van der Waals surface area contributed by atoms with Gasteiger partial charge < -0.3 is 19.8 Å². The second kappa shape index (κ2) is 5.81. The molecule has 2 amide bonds. The van der Waals surface area contributed by atoms with Crippen LogP contribution >= 0.6 is 0 Å². The van der Waals surface area contributed by atoms with Crippen molar-refractivity contribution in [3.05, 3.63) is 30.0 Å². The highest BCUT2D eigenvalue weighted by Gasteiger charge is 2.46. The van der Waals surface area contributed by atoms with E-state index in [1.807, 2.05) is 12.1 Å². The molecule has 2 fully saturated rings. The lowest BCUT2D eigenvalue weighted by molar-refractivity contribution is 0.0918. The average molecular weight is 329 g/mol. The molecule has 0 radical (unpaired) electrons. The molecule has 0 unspecified atom stereocenters. The van der Waals surface area contributed by atoms with E-state index < -0.39 is 6.09 Å². The second-order valence-corrected chi connectivity index (χ2v) is 6.59. The van der Waals surface area contributed by atoms with Crippen LogP contribution in [0.5, 0.6) is 0 Å². The van der Waals surface area contributed by atoms with Crippen LogP contribution in [0.15, 0.2) is 28.8 Å². The highest BCUT2D eigenvalue weighted by Crippen LogP contribution is 2.41. The van der Waals surface area contributed by atoms with Gasteiger partial charge in [0.2, 0.25) is 0 Å². The van der Waals surface area contributed by atoms with E-state index in [2.05, 4.69) is 10.5 Å². The molecule has 0 spiro atoms. The molecule has 1 aliphatic heterocycles. The third-order valence-corrected chi connectivity index (χ3v) is 5.35. The van der Waals surface area contributed by atoms with Crippen LogP contribution in [-0.4, -0.2) is 46.3 Å². The molecule has 126 valence electrons. The summed E-state index contributed by atoms with van der Waals surface area (Å²) in [4.78, 5) is 25.4. The minimum absolute atomic E-state index is 0.155. The number of fused-ring (bicyclic) bond motifs is 2. The summed E-state index contributed by atoms with van der Waals surface area (Å²) >= 11 is 0. The zero-order valence-electron chi connectivity index (χ0n) is 13.1. The number of carboxylic acid groups (broad SMARTS) is 1. The van der Waals surface area contributed by atoms with E-state index in [9.17, 15) is 14.7 Å². The summed E-state index contributed by atoms with van der Waals surface area (Å²) < 4.78 is 5.16. The van der Waals surface area contributed by atoms with Crippen molar-refractivity contribution in [1.82, 2.24) is 15.4 Å². The Morgan fingerprint density at radius 3 is 3.00 bits per heavy atom. The van der Waals surface area contributed by atoms with Crippen molar-refractivity contribution >= 4 is 23.0 Å². The maximum Gasteiger partial charge on any atom is 0.407 e. The van der Waals surface area contributed by atoms with Crippen molar-refractivity contribution in [3.63, 3.8) is 0 Å². The number of amides is 2. The Balaban J connectivity index is 1.49. The molecule has 4 rings (SSSR count). The normalized spacial score (nSPS) is 25.8. The molecular formula is C17H19N3O4. The fraction of sp³-hybridized carbons (Fsp3) is 0.471. The van der Waals surface area contributed by atoms with Crippen molar-refractivity contribution < 1.29 is 19.2 Å². The molecule has 1 saturated heterocycles. The largest absolute Gasteiger partial charge is 0.465 e. The third kappa shape index (κ3) is 2.40. The van der Waals surface area contributed by atoms with E-state index in [1.165, 1.54) is 4.90 Å². The number of benzene rings is 1. The number of hydrogen-bond acceptors (Lipinski definition) is 4. The van der Waals surface area contributed by atoms with E-state index in [0.29, 0.717) is 35.9 Å². The van der Waals surface area contributed by atoms with Crippen LogP contribution in [-0.2, 0) is 0 Å². The monoisotopic (exact) mass is 329 g/mol. The second-order valence-electron chi connectivity index (χ2n) is 6.59. The molecular weight excluding hydrogens is 310 g/mol. The first-order valence-electron chi connectivity index (χ1n) is 8.27. The number of nitrogens with zero attached hydrogens (tertiary/aromatic N) is 2. The first-order chi connectivity index (χ1) is 11.6. The molecule has 2 aliphatic rings. The summed E-state index contributed by atoms with van der Waals surface area (Å²) in [7, 11) is 0. The lowest BCUT2D eigenvalue weighted by Gasteiger charge is -2.25.